The SMILES string of the molecule is CC(C)OC(=O)/C(C#N)=C\c1ccccc1C(F)(F)F. The minimum atomic E-state index is -4.56. The van der Waals surface area contributed by atoms with Crippen LogP contribution in [0.5, 0.6) is 0 Å². The highest BCUT2D eigenvalue weighted by molar-refractivity contribution is 5.98. The summed E-state index contributed by atoms with van der Waals surface area (Å²) < 4.78 is 43.1. The lowest BCUT2D eigenvalue weighted by Crippen LogP contribution is -2.13. The van der Waals surface area contributed by atoms with E-state index in [4.69, 9.17) is 10.00 Å². The second-order valence-electron chi connectivity index (χ2n) is 4.21. The number of nitriles is 1. The average Bonchev–Trinajstić information content (AvgIpc) is 2.34. The number of carbonyl (C=O) groups excluding carboxylic acids is 1. The molecule has 0 N–H and O–H groups in total. The molecule has 0 saturated heterocycles. The summed E-state index contributed by atoms with van der Waals surface area (Å²) in [6, 6.07) is 6.25. The van der Waals surface area contributed by atoms with Gasteiger partial charge in [-0.05, 0) is 31.6 Å². The van der Waals surface area contributed by atoms with Gasteiger partial charge in [-0.15, -0.1) is 0 Å². The van der Waals surface area contributed by atoms with Crippen molar-refractivity contribution >= 4 is 12.0 Å². The number of nitrogens with zero attached hydrogens (tertiary/aromatic N) is 1. The number of hydrogen-bond acceptors (Lipinski definition) is 3. The minimum absolute atomic E-state index is 0.253. The molecule has 0 fully saturated rings. The molecule has 1 aromatic carbocycles. The van der Waals surface area contributed by atoms with E-state index in [1.807, 2.05) is 0 Å². The van der Waals surface area contributed by atoms with E-state index in [0.717, 1.165) is 12.1 Å². The highest BCUT2D eigenvalue weighted by Crippen LogP contribution is 2.32. The van der Waals surface area contributed by atoms with Crippen LogP contribution in [0.15, 0.2) is 29.8 Å². The fourth-order valence-corrected chi connectivity index (χ4v) is 1.45. The van der Waals surface area contributed by atoms with Crippen molar-refractivity contribution in [3.8, 4) is 6.07 Å². The smallest absolute Gasteiger partial charge is 0.416 e. The van der Waals surface area contributed by atoms with Gasteiger partial charge in [0.2, 0.25) is 0 Å². The maximum absolute atomic E-state index is 12.8. The first-order valence-corrected chi connectivity index (χ1v) is 5.74. The van der Waals surface area contributed by atoms with Crippen LogP contribution < -0.4 is 0 Å². The number of hydrogen-bond donors (Lipinski definition) is 0. The topological polar surface area (TPSA) is 50.1 Å². The van der Waals surface area contributed by atoms with Gasteiger partial charge in [-0.1, -0.05) is 18.2 Å². The van der Waals surface area contributed by atoms with Crippen LogP contribution in [-0.2, 0) is 15.7 Å². The molecule has 0 aliphatic heterocycles. The van der Waals surface area contributed by atoms with Crippen molar-refractivity contribution < 1.29 is 22.7 Å². The second-order valence-corrected chi connectivity index (χ2v) is 4.21. The molecule has 3 nitrogen and oxygen atoms in total. The third-order valence-electron chi connectivity index (χ3n) is 2.25. The average molecular weight is 283 g/mol. The van der Waals surface area contributed by atoms with Gasteiger partial charge in [0.15, 0.2) is 0 Å². The number of carbonyl (C=O) groups is 1. The molecule has 0 spiro atoms. The standard InChI is InChI=1S/C14H12F3NO2/c1-9(2)20-13(19)11(8-18)7-10-5-3-4-6-12(10)14(15,16)17/h3-7,9H,1-2H3/b11-7-. The molecule has 1 aromatic rings. The molecule has 0 aliphatic rings. The molecule has 0 saturated carbocycles. The number of esters is 1. The predicted octanol–water partition coefficient (Wildman–Crippen LogP) is 3.56. The van der Waals surface area contributed by atoms with Crippen molar-refractivity contribution in [2.45, 2.75) is 26.1 Å². The number of rotatable bonds is 3. The van der Waals surface area contributed by atoms with Crippen molar-refractivity contribution in [2.24, 2.45) is 0 Å². The Labute approximate surface area is 114 Å². The Morgan fingerprint density at radius 1 is 1.35 bits per heavy atom. The molecule has 0 amide bonds. The summed E-state index contributed by atoms with van der Waals surface area (Å²) in [5, 5.41) is 8.86. The van der Waals surface area contributed by atoms with E-state index < -0.39 is 29.4 Å². The Morgan fingerprint density at radius 3 is 2.45 bits per heavy atom. The molecule has 1 rings (SSSR count). The van der Waals surface area contributed by atoms with E-state index in [1.54, 1.807) is 19.9 Å². The summed E-state index contributed by atoms with van der Waals surface area (Å²) in [7, 11) is 0. The highest BCUT2D eigenvalue weighted by atomic mass is 19.4. The van der Waals surface area contributed by atoms with Crippen LogP contribution in [0.25, 0.3) is 6.08 Å². The zero-order valence-corrected chi connectivity index (χ0v) is 10.9. The van der Waals surface area contributed by atoms with Gasteiger partial charge >= 0.3 is 12.1 Å². The summed E-state index contributed by atoms with van der Waals surface area (Å²) in [5.41, 5.74) is -1.64. The first-order chi connectivity index (χ1) is 9.25. The van der Waals surface area contributed by atoms with Crippen LogP contribution in [0.2, 0.25) is 0 Å². The second kappa shape index (κ2) is 6.24. The summed E-state index contributed by atoms with van der Waals surface area (Å²) in [4.78, 5) is 11.6. The van der Waals surface area contributed by atoms with Crippen molar-refractivity contribution in [3.63, 3.8) is 0 Å². The molecule has 0 aromatic heterocycles. The number of benzene rings is 1. The van der Waals surface area contributed by atoms with Crippen molar-refractivity contribution in [1.82, 2.24) is 0 Å². The van der Waals surface area contributed by atoms with Crippen LogP contribution in [0.4, 0.5) is 13.2 Å². The Hall–Kier alpha value is -2.29. The third-order valence-corrected chi connectivity index (χ3v) is 2.25. The largest absolute Gasteiger partial charge is 0.459 e. The van der Waals surface area contributed by atoms with Crippen molar-refractivity contribution in [3.05, 3.63) is 41.0 Å². The van der Waals surface area contributed by atoms with E-state index in [1.165, 1.54) is 18.2 Å². The molecule has 0 aliphatic carbocycles. The van der Waals surface area contributed by atoms with Crippen molar-refractivity contribution in [2.75, 3.05) is 0 Å². The Balaban J connectivity index is 3.22. The van der Waals surface area contributed by atoms with E-state index in [0.29, 0.717) is 0 Å². The van der Waals surface area contributed by atoms with Gasteiger partial charge in [-0.25, -0.2) is 4.79 Å². The summed E-state index contributed by atoms with van der Waals surface area (Å²) >= 11 is 0. The van der Waals surface area contributed by atoms with Gasteiger partial charge < -0.3 is 4.74 Å². The molecule has 0 heterocycles. The van der Waals surface area contributed by atoms with Crippen LogP contribution in [-0.4, -0.2) is 12.1 Å². The minimum Gasteiger partial charge on any atom is -0.459 e. The van der Waals surface area contributed by atoms with Gasteiger partial charge in [0.05, 0.1) is 11.7 Å². The van der Waals surface area contributed by atoms with Crippen molar-refractivity contribution in [1.29, 1.82) is 5.26 Å². The van der Waals surface area contributed by atoms with Crippen LogP contribution in [0, 0.1) is 11.3 Å². The van der Waals surface area contributed by atoms with Crippen LogP contribution in [0.1, 0.15) is 25.0 Å². The molecule has 106 valence electrons. The number of halogens is 3. The maximum Gasteiger partial charge on any atom is 0.416 e. The predicted molar refractivity (Wildman–Crippen MR) is 66.3 cm³/mol. The lowest BCUT2D eigenvalue weighted by atomic mass is 10.0. The lowest BCUT2D eigenvalue weighted by molar-refractivity contribution is -0.142. The first kappa shape index (κ1) is 15.8. The summed E-state index contributed by atoms with van der Waals surface area (Å²) in [5.74, 6) is -0.945. The molecular formula is C14H12F3NO2. The van der Waals surface area contributed by atoms with Crippen LogP contribution in [0.3, 0.4) is 0 Å². The fourth-order valence-electron chi connectivity index (χ4n) is 1.45. The Bertz CT molecular complexity index is 569. The summed E-state index contributed by atoms with van der Waals surface area (Å²) in [6.07, 6.45) is -4.14. The monoisotopic (exact) mass is 283 g/mol. The molecule has 0 bridgehead atoms. The fraction of sp³-hybridized carbons (Fsp3) is 0.286. The van der Waals surface area contributed by atoms with Gasteiger partial charge in [-0.2, -0.15) is 18.4 Å². The van der Waals surface area contributed by atoms with E-state index >= 15 is 0 Å². The zero-order chi connectivity index (χ0) is 15.3. The summed E-state index contributed by atoms with van der Waals surface area (Å²) in [6.45, 7) is 3.16. The van der Waals surface area contributed by atoms with E-state index in [2.05, 4.69) is 0 Å². The first-order valence-electron chi connectivity index (χ1n) is 5.74. The van der Waals surface area contributed by atoms with Gasteiger partial charge in [-0.3, -0.25) is 0 Å². The Morgan fingerprint density at radius 2 is 1.95 bits per heavy atom. The quantitative estimate of drug-likeness (QED) is 0.484. The van der Waals surface area contributed by atoms with E-state index in [9.17, 15) is 18.0 Å². The molecule has 0 radical (unpaired) electrons. The zero-order valence-electron chi connectivity index (χ0n) is 10.9. The highest BCUT2D eigenvalue weighted by Gasteiger charge is 2.32. The number of alkyl halides is 3. The van der Waals surface area contributed by atoms with Crippen LogP contribution >= 0.6 is 0 Å². The molecule has 0 unspecified atom stereocenters. The molecule has 6 heteroatoms. The Kier molecular flexibility index (Phi) is 4.92. The lowest BCUT2D eigenvalue weighted by Gasteiger charge is -2.11. The van der Waals surface area contributed by atoms with Gasteiger partial charge in [0, 0.05) is 0 Å². The molecule has 20 heavy (non-hydrogen) atoms. The van der Waals surface area contributed by atoms with Gasteiger partial charge in [0.1, 0.15) is 11.6 Å². The van der Waals surface area contributed by atoms with E-state index in [-0.39, 0.29) is 5.56 Å². The van der Waals surface area contributed by atoms with Gasteiger partial charge in [0.25, 0.3) is 0 Å². The molecular weight excluding hydrogens is 271 g/mol. The third kappa shape index (κ3) is 4.12. The molecule has 0 atom stereocenters. The number of ether oxygens (including phenoxy) is 1. The normalized spacial score (nSPS) is 12.2. The maximum atomic E-state index is 12.8.